The number of hydrogen-bond donors (Lipinski definition) is 3. The second-order valence-electron chi connectivity index (χ2n) is 26.7. The third-order valence-electron chi connectivity index (χ3n) is 18.2. The van der Waals surface area contributed by atoms with Gasteiger partial charge in [0, 0.05) is 12.8 Å². The van der Waals surface area contributed by atoms with Crippen LogP contribution in [0.5, 0.6) is 0 Å². The summed E-state index contributed by atoms with van der Waals surface area (Å²) in [6.45, 7) is 4.98. The molecule has 0 heterocycles. The Morgan fingerprint density at radius 2 is 0.560 bits per heavy atom. The molecule has 0 aliphatic carbocycles. The number of carbonyl (C=O) groups is 2. The highest BCUT2D eigenvalue weighted by Gasteiger charge is 2.20. The Labute approximate surface area is 526 Å². The number of aliphatic hydroxyl groups excluding tert-OH is 2. The van der Waals surface area contributed by atoms with Crippen LogP contribution in [0.2, 0.25) is 0 Å². The first kappa shape index (κ1) is 82.3. The molecule has 6 nitrogen and oxygen atoms in total. The van der Waals surface area contributed by atoms with E-state index in [-0.39, 0.29) is 18.5 Å². The lowest BCUT2D eigenvalue weighted by Crippen LogP contribution is -2.45. The highest BCUT2D eigenvalue weighted by Crippen LogP contribution is 2.20. The molecule has 0 saturated heterocycles. The minimum absolute atomic E-state index is 0.0189. The molecule has 0 aromatic rings. The first-order chi connectivity index (χ1) is 41.5. The maximum absolute atomic E-state index is 12.5. The molecule has 0 aliphatic rings. The second-order valence-corrected chi connectivity index (χ2v) is 26.7. The summed E-state index contributed by atoms with van der Waals surface area (Å²) in [6, 6.07) is -0.537. The summed E-state index contributed by atoms with van der Waals surface area (Å²) in [6.07, 6.45) is 94.1. The van der Waals surface area contributed by atoms with E-state index in [1.165, 1.54) is 366 Å². The molecule has 1 amide bonds. The second kappa shape index (κ2) is 73.8. The van der Waals surface area contributed by atoms with Gasteiger partial charge in [0.1, 0.15) is 0 Å². The monoisotopic (exact) mass is 1180 g/mol. The Balaban J connectivity index is 3.31. The van der Waals surface area contributed by atoms with Gasteiger partial charge in [0.2, 0.25) is 5.91 Å². The van der Waals surface area contributed by atoms with Crippen LogP contribution in [0.1, 0.15) is 438 Å². The zero-order chi connectivity index (χ0) is 60.6. The third kappa shape index (κ3) is 69.4. The van der Waals surface area contributed by atoms with Crippen molar-refractivity contribution in [1.82, 2.24) is 5.32 Å². The summed E-state index contributed by atoms with van der Waals surface area (Å²) in [5, 5.41) is 23.3. The van der Waals surface area contributed by atoms with Crippen LogP contribution < -0.4 is 5.32 Å². The molecule has 2 atom stereocenters. The molecule has 0 spiro atoms. The van der Waals surface area contributed by atoms with E-state index in [2.05, 4.69) is 43.5 Å². The quantitative estimate of drug-likeness (QED) is 0.0320. The number of esters is 1. The lowest BCUT2D eigenvalue weighted by Gasteiger charge is -2.22. The van der Waals surface area contributed by atoms with Crippen LogP contribution in [-0.4, -0.2) is 47.4 Å². The molecule has 3 N–H and O–H groups in total. The maximum Gasteiger partial charge on any atom is 0.305 e. The minimum Gasteiger partial charge on any atom is -0.466 e. The summed E-state index contributed by atoms with van der Waals surface area (Å²) in [5.74, 6) is -0.00957. The van der Waals surface area contributed by atoms with Crippen molar-refractivity contribution in [3.05, 3.63) is 24.3 Å². The van der Waals surface area contributed by atoms with Crippen LogP contribution in [-0.2, 0) is 14.3 Å². The van der Waals surface area contributed by atoms with E-state index in [1.54, 1.807) is 0 Å². The summed E-state index contributed by atoms with van der Waals surface area (Å²) in [5.41, 5.74) is 0. The van der Waals surface area contributed by atoms with E-state index in [1.807, 2.05) is 0 Å². The molecular formula is C78H151NO5. The lowest BCUT2D eigenvalue weighted by molar-refractivity contribution is -0.143. The smallest absolute Gasteiger partial charge is 0.305 e. The number of nitrogens with one attached hydrogen (secondary N) is 1. The summed E-state index contributed by atoms with van der Waals surface area (Å²) < 4.78 is 5.51. The number of amides is 1. The predicted molar refractivity (Wildman–Crippen MR) is 370 cm³/mol. The van der Waals surface area contributed by atoms with Gasteiger partial charge in [-0.3, -0.25) is 9.59 Å². The molecule has 0 aliphatic heterocycles. The fourth-order valence-corrected chi connectivity index (χ4v) is 12.3. The number of hydrogen-bond acceptors (Lipinski definition) is 5. The molecule has 0 saturated carbocycles. The number of allylic oxidation sites excluding steroid dienone is 4. The topological polar surface area (TPSA) is 95.9 Å². The molecule has 0 aromatic heterocycles. The molecular weight excluding hydrogens is 1030 g/mol. The van der Waals surface area contributed by atoms with Crippen molar-refractivity contribution >= 4 is 11.9 Å². The average Bonchev–Trinajstić information content (AvgIpc) is 3.54. The van der Waals surface area contributed by atoms with Gasteiger partial charge < -0.3 is 20.3 Å². The van der Waals surface area contributed by atoms with Crippen LogP contribution in [0.3, 0.4) is 0 Å². The van der Waals surface area contributed by atoms with Crippen LogP contribution >= 0.6 is 0 Å². The molecule has 84 heavy (non-hydrogen) atoms. The Bertz CT molecular complexity index is 1320. The van der Waals surface area contributed by atoms with E-state index >= 15 is 0 Å². The number of unbranched alkanes of at least 4 members (excludes halogenated alkanes) is 58. The Morgan fingerprint density at radius 1 is 0.321 bits per heavy atom. The SMILES string of the molecule is CCCCCCCC/C=C\CCCCCCCCCC(=O)OCCCCCCCCCCCCCCCCCC/C=C\CCCCCCCCCCCCCCCCCCCC(=O)NC(CO)C(O)CCCCCCCCCCCCCCC. The molecule has 6 heteroatoms. The number of rotatable bonds is 73. The van der Waals surface area contributed by atoms with Crippen LogP contribution in [0.15, 0.2) is 24.3 Å². The van der Waals surface area contributed by atoms with Crippen molar-refractivity contribution in [3.63, 3.8) is 0 Å². The standard InChI is InChI=1S/C78H151NO5/c1-3-5-7-9-11-13-15-17-18-40-44-48-52-56-60-64-68-72-78(83)84-73-69-65-61-57-53-49-45-42-39-37-35-33-31-29-27-25-23-21-19-20-22-24-26-28-30-32-34-36-38-41-43-47-51-55-59-63-67-71-77(82)79-75(74-80)76(81)70-66-62-58-54-50-46-16-14-12-10-8-6-4-2/h17-19,21,75-76,80-81H,3-16,20,22-74H2,1-2H3,(H,79,82)/b18-17-,21-19-. The van der Waals surface area contributed by atoms with Gasteiger partial charge in [0.15, 0.2) is 0 Å². The number of carbonyl (C=O) groups excluding carboxylic acids is 2. The van der Waals surface area contributed by atoms with Crippen LogP contribution in [0.4, 0.5) is 0 Å². The van der Waals surface area contributed by atoms with Crippen LogP contribution in [0.25, 0.3) is 0 Å². The highest BCUT2D eigenvalue weighted by atomic mass is 16.5. The normalized spacial score (nSPS) is 12.6. The van der Waals surface area contributed by atoms with Gasteiger partial charge in [-0.25, -0.2) is 0 Å². The van der Waals surface area contributed by atoms with E-state index in [4.69, 9.17) is 4.74 Å². The van der Waals surface area contributed by atoms with Crippen molar-refractivity contribution < 1.29 is 24.5 Å². The van der Waals surface area contributed by atoms with Gasteiger partial charge >= 0.3 is 5.97 Å². The number of aliphatic hydroxyl groups is 2. The van der Waals surface area contributed by atoms with Gasteiger partial charge in [0.05, 0.1) is 25.4 Å². The zero-order valence-corrected chi connectivity index (χ0v) is 57.2. The first-order valence-electron chi connectivity index (χ1n) is 38.6. The first-order valence-corrected chi connectivity index (χ1v) is 38.6. The molecule has 2 unspecified atom stereocenters. The fraction of sp³-hybridized carbons (Fsp3) is 0.923. The largest absolute Gasteiger partial charge is 0.466 e. The maximum atomic E-state index is 12.5. The highest BCUT2D eigenvalue weighted by molar-refractivity contribution is 5.76. The van der Waals surface area contributed by atoms with Gasteiger partial charge in [-0.2, -0.15) is 0 Å². The van der Waals surface area contributed by atoms with E-state index in [0.29, 0.717) is 25.9 Å². The Morgan fingerprint density at radius 3 is 0.845 bits per heavy atom. The summed E-state index contributed by atoms with van der Waals surface area (Å²) in [4.78, 5) is 24.6. The third-order valence-corrected chi connectivity index (χ3v) is 18.2. The van der Waals surface area contributed by atoms with Gasteiger partial charge in [0.25, 0.3) is 0 Å². The van der Waals surface area contributed by atoms with Crippen molar-refractivity contribution in [1.29, 1.82) is 0 Å². The van der Waals surface area contributed by atoms with Gasteiger partial charge in [-0.1, -0.05) is 372 Å². The van der Waals surface area contributed by atoms with Gasteiger partial charge in [-0.05, 0) is 77.0 Å². The van der Waals surface area contributed by atoms with Crippen molar-refractivity contribution in [2.24, 2.45) is 0 Å². The van der Waals surface area contributed by atoms with E-state index in [9.17, 15) is 19.8 Å². The Hall–Kier alpha value is -1.66. The Kier molecular flexibility index (Phi) is 72.3. The molecule has 0 aromatic carbocycles. The fourth-order valence-electron chi connectivity index (χ4n) is 12.3. The zero-order valence-electron chi connectivity index (χ0n) is 57.2. The van der Waals surface area contributed by atoms with Crippen molar-refractivity contribution in [2.75, 3.05) is 13.2 Å². The lowest BCUT2D eigenvalue weighted by atomic mass is 10.0. The minimum atomic E-state index is -0.660. The predicted octanol–water partition coefficient (Wildman–Crippen LogP) is 25.3. The molecule has 498 valence electrons. The molecule has 0 rings (SSSR count). The summed E-state index contributed by atoms with van der Waals surface area (Å²) >= 11 is 0. The van der Waals surface area contributed by atoms with Gasteiger partial charge in [-0.15, -0.1) is 0 Å². The van der Waals surface area contributed by atoms with Crippen LogP contribution in [0, 0.1) is 0 Å². The van der Waals surface area contributed by atoms with Crippen molar-refractivity contribution in [2.45, 2.75) is 450 Å². The van der Waals surface area contributed by atoms with E-state index in [0.717, 1.165) is 38.5 Å². The molecule has 0 bridgehead atoms. The van der Waals surface area contributed by atoms with Crippen molar-refractivity contribution in [3.8, 4) is 0 Å². The molecule has 0 fully saturated rings. The average molecular weight is 1180 g/mol. The number of ether oxygens (including phenoxy) is 1. The summed E-state index contributed by atoms with van der Waals surface area (Å²) in [7, 11) is 0. The van der Waals surface area contributed by atoms with E-state index < -0.39 is 12.1 Å². The molecule has 0 radical (unpaired) electrons.